The fourth-order valence-corrected chi connectivity index (χ4v) is 2.28. The molecule has 1 fully saturated rings. The molecule has 5 nitrogen and oxygen atoms in total. The van der Waals surface area contributed by atoms with Gasteiger partial charge in [-0.05, 0) is 23.4 Å². The summed E-state index contributed by atoms with van der Waals surface area (Å²) in [6.07, 6.45) is 1.09. The number of rotatable bonds is 3. The largest absolute Gasteiger partial charge is 0.382 e. The predicted molar refractivity (Wildman–Crippen MR) is 60.9 cm³/mol. The van der Waals surface area contributed by atoms with Gasteiger partial charge in [-0.2, -0.15) is 4.37 Å². The van der Waals surface area contributed by atoms with Gasteiger partial charge in [0.1, 0.15) is 10.6 Å². The van der Waals surface area contributed by atoms with E-state index in [0.29, 0.717) is 16.6 Å². The zero-order chi connectivity index (χ0) is 11.2. The number of aromatic nitrogens is 1. The Morgan fingerprint density at radius 1 is 1.67 bits per heavy atom. The summed E-state index contributed by atoms with van der Waals surface area (Å²) in [5, 5.41) is 3.94. The quantitative estimate of drug-likeness (QED) is 0.717. The molecule has 0 saturated heterocycles. The lowest BCUT2D eigenvalue weighted by Crippen LogP contribution is -2.16. The van der Waals surface area contributed by atoms with Gasteiger partial charge in [0, 0.05) is 6.04 Å². The third-order valence-corrected chi connectivity index (χ3v) is 3.58. The van der Waals surface area contributed by atoms with E-state index in [2.05, 4.69) is 23.5 Å². The minimum absolute atomic E-state index is 0.216. The highest BCUT2D eigenvalue weighted by molar-refractivity contribution is 7.11. The highest BCUT2D eigenvalue weighted by atomic mass is 32.1. The normalized spacial score (nSPS) is 22.4. The molecule has 1 atom stereocenters. The number of anilines is 2. The molecule has 2 rings (SSSR count). The Morgan fingerprint density at radius 3 is 2.73 bits per heavy atom. The van der Waals surface area contributed by atoms with Crippen LogP contribution in [0.5, 0.6) is 0 Å². The van der Waals surface area contributed by atoms with Gasteiger partial charge in [0.2, 0.25) is 0 Å². The molecule has 15 heavy (non-hydrogen) atoms. The van der Waals surface area contributed by atoms with E-state index in [1.165, 1.54) is 11.5 Å². The summed E-state index contributed by atoms with van der Waals surface area (Å²) in [6, 6.07) is 0.385. The summed E-state index contributed by atoms with van der Waals surface area (Å²) in [5.74, 6) is -0.310. The Morgan fingerprint density at radius 2 is 2.27 bits per heavy atom. The molecule has 1 aliphatic carbocycles. The third-order valence-electron chi connectivity index (χ3n) is 2.78. The van der Waals surface area contributed by atoms with E-state index < -0.39 is 5.91 Å². The van der Waals surface area contributed by atoms with Crippen LogP contribution in [-0.2, 0) is 0 Å². The third kappa shape index (κ3) is 1.77. The number of nitrogens with two attached hydrogens (primary N) is 2. The lowest BCUT2D eigenvalue weighted by molar-refractivity contribution is 0.100. The predicted octanol–water partition coefficient (Wildman–Crippen LogP) is 1.03. The smallest absolute Gasteiger partial charge is 0.255 e. The maximum Gasteiger partial charge on any atom is 0.255 e. The summed E-state index contributed by atoms with van der Waals surface area (Å²) in [5.41, 5.74) is 11.4. The van der Waals surface area contributed by atoms with E-state index >= 15 is 0 Å². The summed E-state index contributed by atoms with van der Waals surface area (Å²) < 4.78 is 3.92. The first kappa shape index (κ1) is 10.2. The zero-order valence-corrected chi connectivity index (χ0v) is 9.52. The second kappa shape index (κ2) is 3.10. The van der Waals surface area contributed by atoms with Crippen molar-refractivity contribution in [3.8, 4) is 0 Å². The van der Waals surface area contributed by atoms with Crippen LogP contribution >= 0.6 is 11.5 Å². The molecule has 82 valence electrons. The molecule has 0 radical (unpaired) electrons. The van der Waals surface area contributed by atoms with Crippen molar-refractivity contribution >= 4 is 28.3 Å². The molecule has 1 saturated carbocycles. The van der Waals surface area contributed by atoms with Gasteiger partial charge in [0.05, 0.1) is 0 Å². The Bertz CT molecular complexity index is 412. The molecule has 0 aliphatic heterocycles. The topological polar surface area (TPSA) is 94.0 Å². The van der Waals surface area contributed by atoms with Crippen molar-refractivity contribution in [1.29, 1.82) is 0 Å². The molecule has 1 unspecified atom stereocenters. The van der Waals surface area contributed by atoms with Gasteiger partial charge in [-0.15, -0.1) is 0 Å². The molecule has 0 bridgehead atoms. The lowest BCUT2D eigenvalue weighted by atomic mass is 10.2. The minimum Gasteiger partial charge on any atom is -0.382 e. The second-order valence-corrected chi connectivity index (χ2v) is 5.30. The fraction of sp³-hybridized carbons (Fsp3) is 0.556. The number of amides is 1. The first-order chi connectivity index (χ1) is 6.92. The molecule has 0 spiro atoms. The fourth-order valence-electron chi connectivity index (χ4n) is 1.51. The molecule has 5 N–H and O–H groups in total. The first-order valence-electron chi connectivity index (χ1n) is 4.73. The first-order valence-corrected chi connectivity index (χ1v) is 5.50. The van der Waals surface area contributed by atoms with Crippen LogP contribution in [0.4, 0.5) is 10.8 Å². The Labute approximate surface area is 92.0 Å². The number of carbonyl (C=O) groups excluding carboxylic acids is 1. The zero-order valence-electron chi connectivity index (χ0n) is 8.70. The molecule has 1 aromatic rings. The minimum atomic E-state index is -0.526. The van der Waals surface area contributed by atoms with Crippen molar-refractivity contribution in [3.05, 3.63) is 5.56 Å². The van der Waals surface area contributed by atoms with Crippen LogP contribution in [0.3, 0.4) is 0 Å². The number of primary amides is 1. The van der Waals surface area contributed by atoms with Gasteiger partial charge in [-0.1, -0.05) is 13.8 Å². The molecule has 1 aromatic heterocycles. The van der Waals surface area contributed by atoms with Crippen molar-refractivity contribution in [1.82, 2.24) is 4.37 Å². The number of nitrogens with zero attached hydrogens (tertiary/aromatic N) is 1. The highest BCUT2D eigenvalue weighted by Crippen LogP contribution is 2.47. The average molecular weight is 226 g/mol. The van der Waals surface area contributed by atoms with Gasteiger partial charge in [-0.3, -0.25) is 4.79 Å². The van der Waals surface area contributed by atoms with Crippen LogP contribution in [-0.4, -0.2) is 16.3 Å². The summed E-state index contributed by atoms with van der Waals surface area (Å²) in [6.45, 7) is 4.33. The number of nitrogen functional groups attached to an aromatic ring is 1. The van der Waals surface area contributed by atoms with E-state index in [9.17, 15) is 4.79 Å². The molecule has 6 heteroatoms. The maximum absolute atomic E-state index is 11.1. The van der Waals surface area contributed by atoms with Gasteiger partial charge in [0.15, 0.2) is 5.82 Å². The number of carbonyl (C=O) groups is 1. The van der Waals surface area contributed by atoms with Gasteiger partial charge in [-0.25, -0.2) is 0 Å². The van der Waals surface area contributed by atoms with Crippen molar-refractivity contribution < 1.29 is 4.79 Å². The van der Waals surface area contributed by atoms with Crippen LogP contribution in [0.25, 0.3) is 0 Å². The SMILES string of the molecule is CC1(C)CC1Nc1snc(N)c1C(N)=O. The lowest BCUT2D eigenvalue weighted by Gasteiger charge is -2.06. The highest BCUT2D eigenvalue weighted by Gasteiger charge is 2.46. The average Bonchev–Trinajstić information content (AvgIpc) is 2.54. The van der Waals surface area contributed by atoms with Crippen LogP contribution in [0, 0.1) is 5.41 Å². The monoisotopic (exact) mass is 226 g/mol. The van der Waals surface area contributed by atoms with Gasteiger partial charge < -0.3 is 16.8 Å². The van der Waals surface area contributed by atoms with Crippen molar-refractivity contribution in [2.45, 2.75) is 26.3 Å². The van der Waals surface area contributed by atoms with E-state index in [1.54, 1.807) is 0 Å². The number of hydrogen-bond acceptors (Lipinski definition) is 5. The van der Waals surface area contributed by atoms with Crippen LogP contribution in [0.2, 0.25) is 0 Å². The number of nitrogens with one attached hydrogen (secondary N) is 1. The van der Waals surface area contributed by atoms with Crippen molar-refractivity contribution in [2.75, 3.05) is 11.1 Å². The van der Waals surface area contributed by atoms with Crippen LogP contribution in [0.1, 0.15) is 30.6 Å². The van der Waals surface area contributed by atoms with E-state index in [1.807, 2.05) is 0 Å². The van der Waals surface area contributed by atoms with E-state index in [0.717, 1.165) is 6.42 Å². The van der Waals surface area contributed by atoms with E-state index in [-0.39, 0.29) is 11.2 Å². The molecule has 1 heterocycles. The Kier molecular flexibility index (Phi) is 2.11. The summed E-state index contributed by atoms with van der Waals surface area (Å²) >= 11 is 1.19. The van der Waals surface area contributed by atoms with Gasteiger partial charge in [0.25, 0.3) is 5.91 Å². The molecular weight excluding hydrogens is 212 g/mol. The van der Waals surface area contributed by atoms with E-state index in [4.69, 9.17) is 11.5 Å². The summed E-state index contributed by atoms with van der Waals surface area (Å²) in [7, 11) is 0. The molecular formula is C9H14N4OS. The van der Waals surface area contributed by atoms with Crippen molar-refractivity contribution in [3.63, 3.8) is 0 Å². The second-order valence-electron chi connectivity index (χ2n) is 4.53. The molecule has 1 amide bonds. The Hall–Kier alpha value is -1.30. The number of hydrogen-bond donors (Lipinski definition) is 3. The molecule has 1 aliphatic rings. The van der Waals surface area contributed by atoms with Crippen LogP contribution < -0.4 is 16.8 Å². The maximum atomic E-state index is 11.1. The van der Waals surface area contributed by atoms with Crippen molar-refractivity contribution in [2.24, 2.45) is 11.1 Å². The molecule has 0 aromatic carbocycles. The van der Waals surface area contributed by atoms with Crippen LogP contribution in [0.15, 0.2) is 0 Å². The standard InChI is InChI=1S/C9H14N4OS/c1-9(2)3-4(9)12-8-5(7(11)14)6(10)13-15-8/h4,12H,3H2,1-2H3,(H2,10,13)(H2,11,14). The Balaban J connectivity index is 2.19. The van der Waals surface area contributed by atoms with Gasteiger partial charge >= 0.3 is 0 Å². The summed E-state index contributed by atoms with van der Waals surface area (Å²) in [4.78, 5) is 11.1.